The molecule has 0 aliphatic carbocycles. The number of amides is 3. The van der Waals surface area contributed by atoms with Crippen LogP contribution in [0, 0.1) is 0 Å². The molecule has 2 atom stereocenters. The predicted molar refractivity (Wildman–Crippen MR) is 98.4 cm³/mol. The number of benzene rings is 1. The smallest absolute Gasteiger partial charge is 0.312 e. The average molecular weight is 353 g/mol. The van der Waals surface area contributed by atoms with Gasteiger partial charge in [-0.1, -0.05) is 12.1 Å². The van der Waals surface area contributed by atoms with Crippen molar-refractivity contribution in [2.24, 2.45) is 5.73 Å². The Morgan fingerprint density at radius 1 is 1.21 bits per heavy atom. The summed E-state index contributed by atoms with van der Waals surface area (Å²) >= 11 is 1.62. The van der Waals surface area contributed by atoms with Crippen LogP contribution in [0.5, 0.6) is 5.75 Å². The van der Waals surface area contributed by atoms with Crippen molar-refractivity contribution in [2.45, 2.75) is 38.3 Å². The molecule has 1 aromatic carbocycles. The second-order valence-electron chi connectivity index (χ2n) is 5.64. The number of thioether (sulfide) groups is 1. The molecule has 0 saturated heterocycles. The van der Waals surface area contributed by atoms with Gasteiger partial charge in [-0.15, -0.1) is 0 Å². The molecule has 0 bridgehead atoms. The summed E-state index contributed by atoms with van der Waals surface area (Å²) in [5, 5.41) is 5.45. The summed E-state index contributed by atoms with van der Waals surface area (Å²) in [7, 11) is 1.64. The van der Waals surface area contributed by atoms with Gasteiger partial charge in [0.15, 0.2) is 0 Å². The van der Waals surface area contributed by atoms with Gasteiger partial charge >= 0.3 is 6.03 Å². The van der Waals surface area contributed by atoms with Crippen molar-refractivity contribution in [3.63, 3.8) is 0 Å². The third-order valence-corrected chi connectivity index (χ3v) is 4.30. The number of hydrogen-bond acceptors (Lipinski definition) is 4. The van der Waals surface area contributed by atoms with Crippen LogP contribution in [0.3, 0.4) is 0 Å². The highest BCUT2D eigenvalue weighted by Crippen LogP contribution is 2.13. The minimum atomic E-state index is -0.679. The number of ether oxygens (including phenoxy) is 1. The van der Waals surface area contributed by atoms with Gasteiger partial charge in [0.2, 0.25) is 5.91 Å². The molecule has 0 aromatic heterocycles. The van der Waals surface area contributed by atoms with Crippen molar-refractivity contribution >= 4 is 23.7 Å². The first kappa shape index (κ1) is 20.2. The molecule has 6 nitrogen and oxygen atoms in total. The van der Waals surface area contributed by atoms with E-state index in [2.05, 4.69) is 10.6 Å². The summed E-state index contributed by atoms with van der Waals surface area (Å²) in [6.07, 6.45) is 4.17. The maximum Gasteiger partial charge on any atom is 0.312 e. The summed E-state index contributed by atoms with van der Waals surface area (Å²) in [6, 6.07) is 6.63. The van der Waals surface area contributed by atoms with E-state index in [1.807, 2.05) is 37.4 Å². The largest absolute Gasteiger partial charge is 0.497 e. The van der Waals surface area contributed by atoms with Crippen LogP contribution < -0.4 is 21.1 Å². The molecule has 0 aliphatic heterocycles. The van der Waals surface area contributed by atoms with Crippen LogP contribution in [-0.4, -0.2) is 43.1 Å². The van der Waals surface area contributed by atoms with Gasteiger partial charge in [-0.3, -0.25) is 4.79 Å². The first-order valence-corrected chi connectivity index (χ1v) is 9.33. The zero-order valence-electron chi connectivity index (χ0n) is 14.5. The van der Waals surface area contributed by atoms with Crippen molar-refractivity contribution < 1.29 is 14.3 Å². The van der Waals surface area contributed by atoms with Crippen molar-refractivity contribution in [1.29, 1.82) is 0 Å². The first-order chi connectivity index (χ1) is 11.5. The number of urea groups is 1. The van der Waals surface area contributed by atoms with Gasteiger partial charge in [-0.05, 0) is 55.9 Å². The number of methoxy groups -OCH3 is 1. The molecule has 1 rings (SSSR count). The standard InChI is InChI=1S/C17H27N3O3S/c1-12(4-5-13-6-8-14(23-2)9-7-13)19-16(21)15(10-11-24-3)20-17(18)22/h6-9,12,15H,4-5,10-11H2,1-3H3,(H,19,21)(H3,18,20,22)/t12-,15-/m0/s1. The Balaban J connectivity index is 2.46. The summed E-state index contributed by atoms with van der Waals surface area (Å²) in [4.78, 5) is 23.3. The molecule has 0 spiro atoms. The first-order valence-electron chi connectivity index (χ1n) is 7.94. The van der Waals surface area contributed by atoms with Gasteiger partial charge in [-0.25, -0.2) is 4.79 Å². The molecular formula is C17H27N3O3S. The monoisotopic (exact) mass is 353 g/mol. The highest BCUT2D eigenvalue weighted by atomic mass is 32.2. The number of carbonyl (C=O) groups is 2. The van der Waals surface area contributed by atoms with Crippen molar-refractivity contribution in [1.82, 2.24) is 10.6 Å². The summed E-state index contributed by atoms with van der Waals surface area (Å²) in [6.45, 7) is 1.96. The lowest BCUT2D eigenvalue weighted by molar-refractivity contribution is -0.123. The van der Waals surface area contributed by atoms with Crippen LogP contribution in [0.15, 0.2) is 24.3 Å². The Bertz CT molecular complexity index is 522. The fourth-order valence-corrected chi connectivity index (χ4v) is 2.74. The van der Waals surface area contributed by atoms with Crippen LogP contribution in [0.1, 0.15) is 25.3 Å². The molecule has 0 heterocycles. The van der Waals surface area contributed by atoms with Gasteiger partial charge in [0.1, 0.15) is 11.8 Å². The normalized spacial score (nSPS) is 13.0. The van der Waals surface area contributed by atoms with Crippen LogP contribution in [0.4, 0.5) is 4.79 Å². The maximum absolute atomic E-state index is 12.3. The van der Waals surface area contributed by atoms with Crippen LogP contribution in [0.2, 0.25) is 0 Å². The quantitative estimate of drug-likeness (QED) is 0.599. The van der Waals surface area contributed by atoms with E-state index in [1.165, 1.54) is 5.56 Å². The van der Waals surface area contributed by atoms with E-state index in [-0.39, 0.29) is 11.9 Å². The van der Waals surface area contributed by atoms with E-state index < -0.39 is 12.1 Å². The van der Waals surface area contributed by atoms with Crippen molar-refractivity contribution in [3.05, 3.63) is 29.8 Å². The molecule has 7 heteroatoms. The molecule has 3 amide bonds. The van der Waals surface area contributed by atoms with E-state index >= 15 is 0 Å². The van der Waals surface area contributed by atoms with Gasteiger partial charge in [0, 0.05) is 6.04 Å². The summed E-state index contributed by atoms with van der Waals surface area (Å²) in [5.41, 5.74) is 6.33. The summed E-state index contributed by atoms with van der Waals surface area (Å²) in [5.74, 6) is 1.41. The highest BCUT2D eigenvalue weighted by Gasteiger charge is 2.20. The Labute approximate surface area is 147 Å². The third kappa shape index (κ3) is 7.59. The van der Waals surface area contributed by atoms with E-state index in [4.69, 9.17) is 10.5 Å². The molecule has 0 aliphatic rings. The number of primary amides is 1. The molecule has 0 fully saturated rings. The number of hydrogen-bond donors (Lipinski definition) is 3. The lowest BCUT2D eigenvalue weighted by atomic mass is 10.1. The van der Waals surface area contributed by atoms with Gasteiger partial charge < -0.3 is 21.1 Å². The Hall–Kier alpha value is -1.89. The summed E-state index contributed by atoms with van der Waals surface area (Å²) < 4.78 is 5.13. The van der Waals surface area contributed by atoms with Crippen LogP contribution in [-0.2, 0) is 11.2 Å². The van der Waals surface area contributed by atoms with Crippen molar-refractivity contribution in [2.75, 3.05) is 19.1 Å². The molecule has 24 heavy (non-hydrogen) atoms. The zero-order chi connectivity index (χ0) is 17.9. The lowest BCUT2D eigenvalue weighted by Crippen LogP contribution is -2.50. The fourth-order valence-electron chi connectivity index (χ4n) is 2.27. The molecule has 134 valence electrons. The van der Waals surface area contributed by atoms with Crippen LogP contribution in [0.25, 0.3) is 0 Å². The van der Waals surface area contributed by atoms with Gasteiger partial charge in [0.25, 0.3) is 0 Å². The molecule has 0 unspecified atom stereocenters. The van der Waals surface area contributed by atoms with Gasteiger partial charge in [0.05, 0.1) is 7.11 Å². The van der Waals surface area contributed by atoms with E-state index in [9.17, 15) is 9.59 Å². The molecule has 0 radical (unpaired) electrons. The topological polar surface area (TPSA) is 93.4 Å². The Morgan fingerprint density at radius 2 is 1.88 bits per heavy atom. The molecule has 1 aromatic rings. The lowest BCUT2D eigenvalue weighted by Gasteiger charge is -2.20. The second kappa shape index (κ2) is 10.8. The average Bonchev–Trinajstić information content (AvgIpc) is 2.56. The second-order valence-corrected chi connectivity index (χ2v) is 6.62. The van der Waals surface area contributed by atoms with Crippen LogP contribution >= 0.6 is 11.8 Å². The molecule has 4 N–H and O–H groups in total. The number of nitrogens with two attached hydrogens (primary N) is 1. The third-order valence-electron chi connectivity index (χ3n) is 3.66. The zero-order valence-corrected chi connectivity index (χ0v) is 15.3. The van der Waals surface area contributed by atoms with E-state index in [0.29, 0.717) is 6.42 Å². The molecular weight excluding hydrogens is 326 g/mol. The Kier molecular flexibility index (Phi) is 9.07. The maximum atomic E-state index is 12.3. The fraction of sp³-hybridized carbons (Fsp3) is 0.529. The number of rotatable bonds is 10. The molecule has 0 saturated carbocycles. The minimum absolute atomic E-state index is 0.00561. The SMILES string of the molecule is COc1ccc(CC[C@H](C)NC(=O)[C@H](CCSC)NC(N)=O)cc1. The Morgan fingerprint density at radius 3 is 2.42 bits per heavy atom. The van der Waals surface area contributed by atoms with E-state index in [1.54, 1.807) is 18.9 Å². The highest BCUT2D eigenvalue weighted by molar-refractivity contribution is 7.98. The van der Waals surface area contributed by atoms with Gasteiger partial charge in [-0.2, -0.15) is 11.8 Å². The van der Waals surface area contributed by atoms with Crippen molar-refractivity contribution in [3.8, 4) is 5.75 Å². The van der Waals surface area contributed by atoms with E-state index in [0.717, 1.165) is 24.3 Å². The number of nitrogens with one attached hydrogen (secondary N) is 2. The predicted octanol–water partition coefficient (Wildman–Crippen LogP) is 1.92. The number of carbonyl (C=O) groups excluding carboxylic acids is 2. The number of aryl methyl sites for hydroxylation is 1. The minimum Gasteiger partial charge on any atom is -0.497 e.